The third-order valence-electron chi connectivity index (χ3n) is 3.76. The van der Waals surface area contributed by atoms with Crippen LogP contribution in [0.2, 0.25) is 0 Å². The zero-order chi connectivity index (χ0) is 14.5. The fourth-order valence-corrected chi connectivity index (χ4v) is 2.68. The number of carbonyl (C=O) groups is 1. The van der Waals surface area contributed by atoms with Gasteiger partial charge in [-0.2, -0.15) is 0 Å². The number of amides is 2. The average Bonchev–Trinajstić information content (AvgIpc) is 2.92. The Balaban J connectivity index is 1.43. The van der Waals surface area contributed by atoms with Crippen molar-refractivity contribution in [1.29, 1.82) is 0 Å². The molecule has 3 rings (SSSR count). The minimum atomic E-state index is -0.164. The Bertz CT molecular complexity index is 589. The number of hydrogen-bond donors (Lipinski definition) is 3. The summed E-state index contributed by atoms with van der Waals surface area (Å²) < 4.78 is 0. The maximum absolute atomic E-state index is 11.8. The van der Waals surface area contributed by atoms with E-state index < -0.39 is 0 Å². The molecule has 1 aromatic carbocycles. The van der Waals surface area contributed by atoms with E-state index >= 15 is 0 Å². The number of fused-ring (bicyclic) bond motifs is 1. The van der Waals surface area contributed by atoms with E-state index in [0.717, 1.165) is 12.1 Å². The molecule has 1 aliphatic heterocycles. The van der Waals surface area contributed by atoms with Crippen molar-refractivity contribution in [1.82, 2.24) is 10.6 Å². The summed E-state index contributed by atoms with van der Waals surface area (Å²) in [5, 5.41) is 9.06. The summed E-state index contributed by atoms with van der Waals surface area (Å²) in [6.07, 6.45) is 11.5. The molecule has 2 aliphatic rings. The molecule has 0 fully saturated rings. The van der Waals surface area contributed by atoms with Crippen LogP contribution in [-0.2, 0) is 0 Å². The van der Waals surface area contributed by atoms with Gasteiger partial charge in [0.2, 0.25) is 0 Å². The topological polar surface area (TPSA) is 53.2 Å². The maximum atomic E-state index is 11.8. The van der Waals surface area contributed by atoms with Crippen molar-refractivity contribution in [2.45, 2.75) is 12.5 Å². The molecule has 0 aromatic heterocycles. The highest BCUT2D eigenvalue weighted by atomic mass is 16.2. The first-order valence-corrected chi connectivity index (χ1v) is 7.23. The first kappa shape index (κ1) is 13.5. The van der Waals surface area contributed by atoms with Gasteiger partial charge in [-0.1, -0.05) is 42.5 Å². The van der Waals surface area contributed by atoms with E-state index in [1.54, 1.807) is 0 Å². The van der Waals surface area contributed by atoms with E-state index in [1.165, 1.54) is 5.57 Å². The van der Waals surface area contributed by atoms with Gasteiger partial charge in [0.15, 0.2) is 0 Å². The highest BCUT2D eigenvalue weighted by molar-refractivity contribution is 5.89. The van der Waals surface area contributed by atoms with E-state index in [9.17, 15) is 4.79 Å². The number of rotatable bonds is 4. The van der Waals surface area contributed by atoms with Gasteiger partial charge >= 0.3 is 6.03 Å². The zero-order valence-electron chi connectivity index (χ0n) is 11.8. The van der Waals surface area contributed by atoms with Gasteiger partial charge in [-0.05, 0) is 30.3 Å². The summed E-state index contributed by atoms with van der Waals surface area (Å²) in [5.41, 5.74) is 2.14. The van der Waals surface area contributed by atoms with Gasteiger partial charge in [0.05, 0.1) is 6.04 Å². The van der Waals surface area contributed by atoms with Crippen LogP contribution in [-0.4, -0.2) is 18.6 Å². The van der Waals surface area contributed by atoms with Crippen LogP contribution in [0.1, 0.15) is 6.42 Å². The number of allylic oxidation sites excluding steroid dienone is 2. The number of para-hydroxylation sites is 1. The molecule has 0 saturated heterocycles. The molecule has 0 spiro atoms. The molecule has 1 heterocycles. The van der Waals surface area contributed by atoms with Crippen molar-refractivity contribution in [2.75, 3.05) is 11.9 Å². The molecule has 2 unspecified atom stereocenters. The Morgan fingerprint density at radius 2 is 1.95 bits per heavy atom. The second-order valence-electron chi connectivity index (χ2n) is 5.20. The molecule has 0 radical (unpaired) electrons. The van der Waals surface area contributed by atoms with Crippen LogP contribution in [0.25, 0.3) is 0 Å². The summed E-state index contributed by atoms with van der Waals surface area (Å²) in [4.78, 5) is 11.8. The molecule has 1 aromatic rings. The van der Waals surface area contributed by atoms with Gasteiger partial charge in [-0.25, -0.2) is 4.79 Å². The van der Waals surface area contributed by atoms with Gasteiger partial charge in [-0.3, -0.25) is 0 Å². The standard InChI is InChI=1S/C17H19N3O/c21-17(20-14-6-2-1-3-7-14)18-11-10-13-12-19-16-9-5-4-8-15(13)16/h1-9,12,15-16,19H,10-11H2,(H2,18,20,21). The molecule has 4 nitrogen and oxygen atoms in total. The van der Waals surface area contributed by atoms with Crippen LogP contribution in [0.15, 0.2) is 66.4 Å². The van der Waals surface area contributed by atoms with Crippen molar-refractivity contribution >= 4 is 11.7 Å². The van der Waals surface area contributed by atoms with Gasteiger partial charge in [-0.15, -0.1) is 0 Å². The number of urea groups is 1. The van der Waals surface area contributed by atoms with E-state index in [0.29, 0.717) is 18.5 Å². The van der Waals surface area contributed by atoms with E-state index in [4.69, 9.17) is 0 Å². The zero-order valence-corrected chi connectivity index (χ0v) is 11.8. The fourth-order valence-electron chi connectivity index (χ4n) is 2.68. The molecule has 0 saturated carbocycles. The third kappa shape index (κ3) is 3.34. The molecule has 3 N–H and O–H groups in total. The van der Waals surface area contributed by atoms with Crippen LogP contribution in [0.5, 0.6) is 0 Å². The van der Waals surface area contributed by atoms with Crippen LogP contribution in [0, 0.1) is 5.92 Å². The number of anilines is 1. The molecule has 2 amide bonds. The monoisotopic (exact) mass is 281 g/mol. The van der Waals surface area contributed by atoms with Crippen LogP contribution in [0.3, 0.4) is 0 Å². The number of benzene rings is 1. The van der Waals surface area contributed by atoms with Gasteiger partial charge in [0.1, 0.15) is 0 Å². The Hall–Kier alpha value is -2.49. The average molecular weight is 281 g/mol. The Morgan fingerprint density at radius 3 is 2.81 bits per heavy atom. The molecule has 0 bridgehead atoms. The molecule has 1 aliphatic carbocycles. The van der Waals surface area contributed by atoms with E-state index in [1.807, 2.05) is 30.3 Å². The smallest absolute Gasteiger partial charge is 0.319 e. The second-order valence-corrected chi connectivity index (χ2v) is 5.20. The maximum Gasteiger partial charge on any atom is 0.319 e. The molecule has 21 heavy (non-hydrogen) atoms. The first-order valence-electron chi connectivity index (χ1n) is 7.23. The lowest BCUT2D eigenvalue weighted by atomic mass is 9.90. The van der Waals surface area contributed by atoms with Crippen molar-refractivity contribution in [3.05, 3.63) is 66.4 Å². The number of nitrogens with one attached hydrogen (secondary N) is 3. The molecule has 108 valence electrons. The minimum Gasteiger partial charge on any atom is -0.384 e. The Labute approximate surface area is 124 Å². The SMILES string of the molecule is O=C(NCCC1=CNC2C=CC=CC12)Nc1ccccc1. The van der Waals surface area contributed by atoms with Gasteiger partial charge in [0.25, 0.3) is 0 Å². The van der Waals surface area contributed by atoms with Crippen LogP contribution >= 0.6 is 0 Å². The van der Waals surface area contributed by atoms with Crippen molar-refractivity contribution in [3.8, 4) is 0 Å². The third-order valence-corrected chi connectivity index (χ3v) is 3.76. The quantitative estimate of drug-likeness (QED) is 0.795. The van der Waals surface area contributed by atoms with Crippen LogP contribution < -0.4 is 16.0 Å². The van der Waals surface area contributed by atoms with Crippen molar-refractivity contribution in [3.63, 3.8) is 0 Å². The van der Waals surface area contributed by atoms with E-state index in [-0.39, 0.29) is 6.03 Å². The minimum absolute atomic E-state index is 0.164. The fraction of sp³-hybridized carbons (Fsp3) is 0.235. The van der Waals surface area contributed by atoms with Crippen LogP contribution in [0.4, 0.5) is 10.5 Å². The highest BCUT2D eigenvalue weighted by Gasteiger charge is 2.26. The predicted octanol–water partition coefficient (Wildman–Crippen LogP) is 2.80. The summed E-state index contributed by atoms with van der Waals surface area (Å²) >= 11 is 0. The number of hydrogen-bond acceptors (Lipinski definition) is 2. The largest absolute Gasteiger partial charge is 0.384 e. The molecule has 2 atom stereocenters. The second kappa shape index (κ2) is 6.31. The van der Waals surface area contributed by atoms with Crippen molar-refractivity contribution in [2.24, 2.45) is 5.92 Å². The Morgan fingerprint density at radius 1 is 1.14 bits per heavy atom. The molecular formula is C17H19N3O. The Kier molecular flexibility index (Phi) is 4.05. The van der Waals surface area contributed by atoms with E-state index in [2.05, 4.69) is 46.5 Å². The lowest BCUT2D eigenvalue weighted by Crippen LogP contribution is -2.30. The number of carbonyl (C=O) groups excluding carboxylic acids is 1. The normalized spacial score (nSPS) is 22.2. The lowest BCUT2D eigenvalue weighted by molar-refractivity contribution is 0.252. The predicted molar refractivity (Wildman–Crippen MR) is 84.9 cm³/mol. The summed E-state index contributed by atoms with van der Waals surface area (Å²) in [6, 6.07) is 9.66. The highest BCUT2D eigenvalue weighted by Crippen LogP contribution is 2.27. The summed E-state index contributed by atoms with van der Waals surface area (Å²) in [7, 11) is 0. The lowest BCUT2D eigenvalue weighted by Gasteiger charge is -2.19. The van der Waals surface area contributed by atoms with Crippen molar-refractivity contribution < 1.29 is 4.79 Å². The molecule has 4 heteroatoms. The summed E-state index contributed by atoms with van der Waals surface area (Å²) in [6.45, 7) is 0.632. The van der Waals surface area contributed by atoms with Gasteiger partial charge in [0, 0.05) is 18.2 Å². The molecular weight excluding hydrogens is 262 g/mol. The first-order chi connectivity index (χ1) is 10.3. The van der Waals surface area contributed by atoms with Gasteiger partial charge < -0.3 is 16.0 Å². The summed E-state index contributed by atoms with van der Waals surface area (Å²) in [5.74, 6) is 0.425.